The van der Waals surface area contributed by atoms with Gasteiger partial charge in [0, 0.05) is 23.8 Å². The number of nitrogens with one attached hydrogen (secondary N) is 2. The molecule has 0 saturated carbocycles. The van der Waals surface area contributed by atoms with Crippen molar-refractivity contribution in [3.8, 4) is 18.4 Å². The average Bonchev–Trinajstić information content (AvgIpc) is 2.70. The molecule has 0 radical (unpaired) electrons. The third-order valence-corrected chi connectivity index (χ3v) is 4.74. The van der Waals surface area contributed by atoms with E-state index in [1.165, 1.54) is 0 Å². The molecular formula is C24H23ClN4. The molecule has 1 aromatic heterocycles. The maximum absolute atomic E-state index is 9.57. The van der Waals surface area contributed by atoms with Crippen LogP contribution in [0.3, 0.4) is 0 Å². The summed E-state index contributed by atoms with van der Waals surface area (Å²) in [7, 11) is 0. The predicted octanol–water partition coefficient (Wildman–Crippen LogP) is 6.00. The molecule has 1 heterocycles. The molecule has 0 aliphatic rings. The number of hydrogen-bond donors (Lipinski definition) is 2. The number of anilines is 2. The highest BCUT2D eigenvalue weighted by Gasteiger charge is 2.17. The molecule has 29 heavy (non-hydrogen) atoms. The van der Waals surface area contributed by atoms with Gasteiger partial charge in [-0.3, -0.25) is 4.98 Å². The Balaban J connectivity index is 2.06. The number of fused-ring (bicyclic) bond motifs is 1. The van der Waals surface area contributed by atoms with Crippen molar-refractivity contribution in [1.82, 2.24) is 4.98 Å². The van der Waals surface area contributed by atoms with Gasteiger partial charge in [-0.25, -0.2) is 0 Å². The van der Waals surface area contributed by atoms with Crippen molar-refractivity contribution >= 4 is 33.9 Å². The van der Waals surface area contributed by atoms with Crippen molar-refractivity contribution in [2.75, 3.05) is 17.2 Å². The molecule has 0 amide bonds. The molecule has 4 nitrogen and oxygen atoms in total. The molecule has 0 aliphatic carbocycles. The van der Waals surface area contributed by atoms with Crippen LogP contribution in [0.4, 0.5) is 11.4 Å². The number of rotatable bonds is 5. The Bertz CT molecular complexity index is 1100. The number of benzene rings is 2. The zero-order chi connectivity index (χ0) is 21.0. The molecule has 0 saturated heterocycles. The van der Waals surface area contributed by atoms with Crippen molar-refractivity contribution < 1.29 is 0 Å². The first-order chi connectivity index (χ1) is 13.8. The summed E-state index contributed by atoms with van der Waals surface area (Å²) >= 11 is 6.53. The van der Waals surface area contributed by atoms with Gasteiger partial charge in [-0.15, -0.1) is 6.42 Å². The lowest BCUT2D eigenvalue weighted by atomic mass is 9.96. The van der Waals surface area contributed by atoms with E-state index in [0.717, 1.165) is 22.3 Å². The summed E-state index contributed by atoms with van der Waals surface area (Å²) in [6.07, 6.45) is 7.32. The van der Waals surface area contributed by atoms with Gasteiger partial charge >= 0.3 is 0 Å². The summed E-state index contributed by atoms with van der Waals surface area (Å²) in [5, 5.41) is 17.6. The minimum absolute atomic E-state index is 0.0455. The Hall–Kier alpha value is -3.21. The highest BCUT2D eigenvalue weighted by Crippen LogP contribution is 2.35. The van der Waals surface area contributed by atoms with Gasteiger partial charge in [-0.1, -0.05) is 68.6 Å². The first-order valence-electron chi connectivity index (χ1n) is 9.36. The van der Waals surface area contributed by atoms with Crippen LogP contribution in [0, 0.1) is 29.1 Å². The molecule has 0 bridgehead atoms. The van der Waals surface area contributed by atoms with Crippen molar-refractivity contribution in [1.29, 1.82) is 5.26 Å². The molecular weight excluding hydrogens is 380 g/mol. The summed E-state index contributed by atoms with van der Waals surface area (Å²) in [6.45, 7) is 7.10. The molecule has 0 unspecified atom stereocenters. The van der Waals surface area contributed by atoms with Gasteiger partial charge in [-0.05, 0) is 23.1 Å². The van der Waals surface area contributed by atoms with Gasteiger partial charge in [0.2, 0.25) is 0 Å². The SMILES string of the molecule is C#C[C@@H](Nc1cc(Cl)c2ncc(C#N)c(NCC(C)(C)C)c2c1)c1ccccc1. The van der Waals surface area contributed by atoms with E-state index in [0.29, 0.717) is 22.6 Å². The van der Waals surface area contributed by atoms with Gasteiger partial charge in [-0.2, -0.15) is 5.26 Å². The first-order valence-corrected chi connectivity index (χ1v) is 9.74. The van der Waals surface area contributed by atoms with Crippen LogP contribution < -0.4 is 10.6 Å². The minimum Gasteiger partial charge on any atom is -0.383 e. The quantitative estimate of drug-likeness (QED) is 0.513. The fourth-order valence-corrected chi connectivity index (χ4v) is 3.27. The van der Waals surface area contributed by atoms with Crippen molar-refractivity contribution in [3.63, 3.8) is 0 Å². The van der Waals surface area contributed by atoms with Gasteiger partial charge in [0.05, 0.1) is 21.8 Å². The van der Waals surface area contributed by atoms with Crippen molar-refractivity contribution in [2.24, 2.45) is 5.41 Å². The second-order valence-corrected chi connectivity index (χ2v) is 8.49. The van der Waals surface area contributed by atoms with E-state index in [2.05, 4.69) is 48.4 Å². The fourth-order valence-electron chi connectivity index (χ4n) is 3.01. The Kier molecular flexibility index (Phi) is 5.97. The average molecular weight is 403 g/mol. The maximum atomic E-state index is 9.57. The van der Waals surface area contributed by atoms with Crippen LogP contribution in [0.1, 0.15) is 37.9 Å². The summed E-state index contributed by atoms with van der Waals surface area (Å²) in [6, 6.07) is 15.5. The normalized spacial score (nSPS) is 12.1. The Morgan fingerprint density at radius 3 is 2.55 bits per heavy atom. The minimum atomic E-state index is -0.303. The van der Waals surface area contributed by atoms with Gasteiger partial charge in [0.25, 0.3) is 0 Å². The molecule has 0 fully saturated rings. The molecule has 5 heteroatoms. The van der Waals surface area contributed by atoms with Crippen LogP contribution in [0.2, 0.25) is 5.02 Å². The number of nitrogens with zero attached hydrogens (tertiary/aromatic N) is 2. The second kappa shape index (κ2) is 8.43. The van der Waals surface area contributed by atoms with E-state index in [1.807, 2.05) is 42.5 Å². The molecule has 2 N–H and O–H groups in total. The Labute approximate surface area is 176 Å². The fraction of sp³-hybridized carbons (Fsp3) is 0.250. The molecule has 2 aromatic carbocycles. The number of hydrogen-bond acceptors (Lipinski definition) is 4. The van der Waals surface area contributed by atoms with E-state index in [1.54, 1.807) is 6.20 Å². The van der Waals surface area contributed by atoms with Crippen molar-refractivity contribution in [2.45, 2.75) is 26.8 Å². The van der Waals surface area contributed by atoms with Crippen LogP contribution in [-0.4, -0.2) is 11.5 Å². The first kappa shape index (κ1) is 20.5. The molecule has 3 rings (SSSR count). The predicted molar refractivity (Wildman–Crippen MR) is 121 cm³/mol. The highest BCUT2D eigenvalue weighted by atomic mass is 35.5. The topological polar surface area (TPSA) is 60.7 Å². The number of pyridine rings is 1. The molecule has 0 aliphatic heterocycles. The lowest BCUT2D eigenvalue weighted by Crippen LogP contribution is -2.19. The molecule has 3 aromatic rings. The van der Waals surface area contributed by atoms with Crippen LogP contribution in [0.15, 0.2) is 48.7 Å². The smallest absolute Gasteiger partial charge is 0.113 e. The Morgan fingerprint density at radius 2 is 1.93 bits per heavy atom. The number of halogens is 1. The van der Waals surface area contributed by atoms with E-state index < -0.39 is 0 Å². The zero-order valence-corrected chi connectivity index (χ0v) is 17.5. The maximum Gasteiger partial charge on any atom is 0.113 e. The third kappa shape index (κ3) is 4.80. The van der Waals surface area contributed by atoms with Gasteiger partial charge in [0.15, 0.2) is 0 Å². The summed E-state index contributed by atoms with van der Waals surface area (Å²) in [5.74, 6) is 2.78. The summed E-state index contributed by atoms with van der Waals surface area (Å²) < 4.78 is 0. The highest BCUT2D eigenvalue weighted by molar-refractivity contribution is 6.35. The van der Waals surface area contributed by atoms with E-state index >= 15 is 0 Å². The van der Waals surface area contributed by atoms with Gasteiger partial charge < -0.3 is 10.6 Å². The number of nitriles is 1. The second-order valence-electron chi connectivity index (χ2n) is 8.08. The van der Waals surface area contributed by atoms with E-state index in [-0.39, 0.29) is 11.5 Å². The Morgan fingerprint density at radius 1 is 1.21 bits per heavy atom. The number of aromatic nitrogens is 1. The van der Waals surface area contributed by atoms with Gasteiger partial charge in [0.1, 0.15) is 12.1 Å². The molecule has 146 valence electrons. The summed E-state index contributed by atoms with van der Waals surface area (Å²) in [5.41, 5.74) is 3.65. The zero-order valence-electron chi connectivity index (χ0n) is 16.8. The van der Waals surface area contributed by atoms with Crippen LogP contribution in [-0.2, 0) is 0 Å². The standard InChI is InChI=1S/C24H23ClN4/c1-5-21(16-9-7-6-8-10-16)29-18-11-19-22(28-15-24(2,3)4)17(13-26)14-27-23(19)20(25)12-18/h1,6-12,14,21,29H,15H2,2-4H3,(H,27,28)/t21-/m1/s1. The van der Waals surface area contributed by atoms with Crippen molar-refractivity contribution in [3.05, 3.63) is 64.8 Å². The van der Waals surface area contributed by atoms with Crippen LogP contribution in [0.25, 0.3) is 10.9 Å². The number of terminal acetylenes is 1. The largest absolute Gasteiger partial charge is 0.383 e. The monoisotopic (exact) mass is 402 g/mol. The third-order valence-electron chi connectivity index (χ3n) is 4.45. The lowest BCUT2D eigenvalue weighted by molar-refractivity contribution is 0.443. The lowest BCUT2D eigenvalue weighted by Gasteiger charge is -2.22. The summed E-state index contributed by atoms with van der Waals surface area (Å²) in [4.78, 5) is 4.39. The van der Waals surface area contributed by atoms with Crippen LogP contribution >= 0.6 is 11.6 Å². The molecule has 1 atom stereocenters. The van der Waals surface area contributed by atoms with E-state index in [4.69, 9.17) is 18.0 Å². The molecule has 0 spiro atoms. The van der Waals surface area contributed by atoms with Crippen LogP contribution in [0.5, 0.6) is 0 Å². The van der Waals surface area contributed by atoms with E-state index in [9.17, 15) is 5.26 Å².